The molecule has 3 rings (SSSR count). The van der Waals surface area contributed by atoms with E-state index < -0.39 is 0 Å². The van der Waals surface area contributed by atoms with Crippen molar-refractivity contribution in [1.82, 2.24) is 20.4 Å². The van der Waals surface area contributed by atoms with Crippen LogP contribution in [0.15, 0.2) is 67.0 Å². The smallest absolute Gasteiger partial charge is 0.315 e. The number of amides is 2. The molecule has 140 valence electrons. The lowest BCUT2D eigenvalue weighted by atomic mass is 10.3. The SMILES string of the molecule is COc1ccc(OCCNC(=O)NCc2cnn(-c3ccccc3)c2)cc1. The van der Waals surface area contributed by atoms with E-state index >= 15 is 0 Å². The molecule has 2 N–H and O–H groups in total. The van der Waals surface area contributed by atoms with Crippen LogP contribution in [0.2, 0.25) is 0 Å². The van der Waals surface area contributed by atoms with E-state index in [0.717, 1.165) is 22.7 Å². The van der Waals surface area contributed by atoms with Gasteiger partial charge in [0.25, 0.3) is 0 Å². The molecule has 7 heteroatoms. The highest BCUT2D eigenvalue weighted by Gasteiger charge is 2.04. The fourth-order valence-corrected chi connectivity index (χ4v) is 2.42. The van der Waals surface area contributed by atoms with Gasteiger partial charge in [0.2, 0.25) is 0 Å². The quantitative estimate of drug-likeness (QED) is 0.601. The van der Waals surface area contributed by atoms with Crippen LogP contribution >= 0.6 is 0 Å². The topological polar surface area (TPSA) is 77.4 Å². The fourth-order valence-electron chi connectivity index (χ4n) is 2.42. The van der Waals surface area contributed by atoms with Crippen molar-refractivity contribution in [3.63, 3.8) is 0 Å². The van der Waals surface area contributed by atoms with Gasteiger partial charge in [-0.1, -0.05) is 18.2 Å². The molecule has 0 aliphatic heterocycles. The molecule has 0 saturated carbocycles. The van der Waals surface area contributed by atoms with Crippen LogP contribution in [0.4, 0.5) is 4.79 Å². The average molecular weight is 366 g/mol. The normalized spacial score (nSPS) is 10.3. The number of nitrogens with zero attached hydrogens (tertiary/aromatic N) is 2. The zero-order valence-corrected chi connectivity index (χ0v) is 15.1. The Morgan fingerprint density at radius 3 is 2.52 bits per heavy atom. The van der Waals surface area contributed by atoms with Crippen molar-refractivity contribution in [3.8, 4) is 17.2 Å². The number of aromatic nitrogens is 2. The number of benzene rings is 2. The molecule has 0 fully saturated rings. The Hall–Kier alpha value is -3.48. The lowest BCUT2D eigenvalue weighted by molar-refractivity contribution is 0.236. The number of carbonyl (C=O) groups excluding carboxylic acids is 1. The highest BCUT2D eigenvalue weighted by molar-refractivity contribution is 5.73. The predicted octanol–water partition coefficient (Wildman–Crippen LogP) is 2.76. The van der Waals surface area contributed by atoms with Crippen molar-refractivity contribution in [1.29, 1.82) is 0 Å². The highest BCUT2D eigenvalue weighted by atomic mass is 16.5. The van der Waals surface area contributed by atoms with E-state index in [4.69, 9.17) is 9.47 Å². The van der Waals surface area contributed by atoms with Gasteiger partial charge in [-0.2, -0.15) is 5.10 Å². The summed E-state index contributed by atoms with van der Waals surface area (Å²) in [5, 5.41) is 9.86. The average Bonchev–Trinajstić information content (AvgIpc) is 3.20. The van der Waals surface area contributed by atoms with Gasteiger partial charge in [-0.05, 0) is 36.4 Å². The first-order valence-corrected chi connectivity index (χ1v) is 8.62. The largest absolute Gasteiger partial charge is 0.497 e. The van der Waals surface area contributed by atoms with E-state index in [-0.39, 0.29) is 6.03 Å². The summed E-state index contributed by atoms with van der Waals surface area (Å²) in [6.45, 7) is 1.19. The summed E-state index contributed by atoms with van der Waals surface area (Å²) in [5.41, 5.74) is 1.90. The van der Waals surface area contributed by atoms with Crippen LogP contribution in [-0.4, -0.2) is 36.1 Å². The van der Waals surface area contributed by atoms with Crippen LogP contribution in [0, 0.1) is 0 Å². The predicted molar refractivity (Wildman–Crippen MR) is 102 cm³/mol. The summed E-state index contributed by atoms with van der Waals surface area (Å²) >= 11 is 0. The molecule has 0 radical (unpaired) electrons. The number of hydrogen-bond donors (Lipinski definition) is 2. The maximum Gasteiger partial charge on any atom is 0.315 e. The second kappa shape index (κ2) is 9.28. The van der Waals surface area contributed by atoms with Gasteiger partial charge >= 0.3 is 6.03 Å². The number of rotatable bonds is 8. The van der Waals surface area contributed by atoms with E-state index in [0.29, 0.717) is 19.7 Å². The molecule has 0 atom stereocenters. The fraction of sp³-hybridized carbons (Fsp3) is 0.200. The molecule has 2 amide bonds. The Kier molecular flexibility index (Phi) is 6.30. The molecule has 27 heavy (non-hydrogen) atoms. The summed E-state index contributed by atoms with van der Waals surface area (Å²) in [5.74, 6) is 1.50. The minimum Gasteiger partial charge on any atom is -0.497 e. The monoisotopic (exact) mass is 366 g/mol. The number of nitrogens with one attached hydrogen (secondary N) is 2. The molecular weight excluding hydrogens is 344 g/mol. The molecule has 2 aromatic carbocycles. The van der Waals surface area contributed by atoms with Crippen molar-refractivity contribution >= 4 is 6.03 Å². The van der Waals surface area contributed by atoms with E-state index in [1.165, 1.54) is 0 Å². The third-order valence-electron chi connectivity index (χ3n) is 3.83. The van der Waals surface area contributed by atoms with Crippen LogP contribution in [-0.2, 0) is 6.54 Å². The Balaban J connectivity index is 1.35. The molecule has 0 unspecified atom stereocenters. The Labute approximate surface area is 157 Å². The number of ether oxygens (including phenoxy) is 2. The number of hydrogen-bond acceptors (Lipinski definition) is 4. The molecule has 7 nitrogen and oxygen atoms in total. The molecule has 0 aliphatic rings. The Bertz CT molecular complexity index is 847. The van der Waals surface area contributed by atoms with Crippen LogP contribution in [0.1, 0.15) is 5.56 Å². The van der Waals surface area contributed by atoms with E-state index in [1.54, 1.807) is 18.0 Å². The molecule has 0 aliphatic carbocycles. The summed E-state index contributed by atoms with van der Waals surface area (Å²) in [6.07, 6.45) is 3.63. The molecule has 0 spiro atoms. The van der Waals surface area contributed by atoms with Gasteiger partial charge in [0.1, 0.15) is 18.1 Å². The lowest BCUT2D eigenvalue weighted by Crippen LogP contribution is -2.37. The Morgan fingerprint density at radius 2 is 1.78 bits per heavy atom. The molecule has 1 aromatic heterocycles. The van der Waals surface area contributed by atoms with Gasteiger partial charge in [-0.25, -0.2) is 9.48 Å². The number of urea groups is 1. The molecule has 1 heterocycles. The first-order valence-electron chi connectivity index (χ1n) is 8.62. The van der Waals surface area contributed by atoms with Crippen LogP contribution in [0.5, 0.6) is 11.5 Å². The second-order valence-electron chi connectivity index (χ2n) is 5.76. The maximum absolute atomic E-state index is 11.9. The van der Waals surface area contributed by atoms with E-state index in [2.05, 4.69) is 15.7 Å². The zero-order chi connectivity index (χ0) is 18.9. The summed E-state index contributed by atoms with van der Waals surface area (Å²) < 4.78 is 12.4. The van der Waals surface area contributed by atoms with Crippen LogP contribution in [0.3, 0.4) is 0 Å². The number of methoxy groups -OCH3 is 1. The third kappa shape index (κ3) is 5.50. The summed E-state index contributed by atoms with van der Waals surface area (Å²) in [4.78, 5) is 11.9. The minimum absolute atomic E-state index is 0.249. The van der Waals surface area contributed by atoms with Gasteiger partial charge < -0.3 is 20.1 Å². The van der Waals surface area contributed by atoms with Crippen LogP contribution < -0.4 is 20.1 Å². The molecule has 0 saturated heterocycles. The van der Waals surface area contributed by atoms with E-state index in [1.807, 2.05) is 60.8 Å². The third-order valence-corrected chi connectivity index (χ3v) is 3.83. The first kappa shape index (κ1) is 18.3. The maximum atomic E-state index is 11.9. The van der Waals surface area contributed by atoms with Gasteiger partial charge in [-0.3, -0.25) is 0 Å². The first-order chi connectivity index (χ1) is 13.2. The van der Waals surface area contributed by atoms with Gasteiger partial charge in [-0.15, -0.1) is 0 Å². The van der Waals surface area contributed by atoms with Crippen LogP contribution in [0.25, 0.3) is 5.69 Å². The number of para-hydroxylation sites is 1. The summed E-state index contributed by atoms with van der Waals surface area (Å²) in [7, 11) is 1.62. The van der Waals surface area contributed by atoms with Gasteiger partial charge in [0.15, 0.2) is 0 Å². The minimum atomic E-state index is -0.249. The second-order valence-corrected chi connectivity index (χ2v) is 5.76. The Morgan fingerprint density at radius 1 is 1.04 bits per heavy atom. The highest BCUT2D eigenvalue weighted by Crippen LogP contribution is 2.16. The van der Waals surface area contributed by atoms with Crippen molar-refractivity contribution in [2.45, 2.75) is 6.54 Å². The molecule has 0 bridgehead atoms. The van der Waals surface area contributed by atoms with Gasteiger partial charge in [0, 0.05) is 18.3 Å². The number of carbonyl (C=O) groups is 1. The van der Waals surface area contributed by atoms with Crippen molar-refractivity contribution < 1.29 is 14.3 Å². The van der Waals surface area contributed by atoms with Gasteiger partial charge in [0.05, 0.1) is 25.5 Å². The van der Waals surface area contributed by atoms with Crippen molar-refractivity contribution in [3.05, 3.63) is 72.6 Å². The summed E-state index contributed by atoms with van der Waals surface area (Å²) in [6, 6.07) is 16.9. The lowest BCUT2D eigenvalue weighted by Gasteiger charge is -2.09. The van der Waals surface area contributed by atoms with Crippen molar-refractivity contribution in [2.24, 2.45) is 0 Å². The standard InChI is InChI=1S/C20H22N4O3/c1-26-18-7-9-19(10-8-18)27-12-11-21-20(25)22-13-16-14-23-24(15-16)17-5-3-2-4-6-17/h2-10,14-15H,11-13H2,1H3,(H2,21,22,25). The van der Waals surface area contributed by atoms with E-state index in [9.17, 15) is 4.79 Å². The zero-order valence-electron chi connectivity index (χ0n) is 15.1. The molecular formula is C20H22N4O3. The molecule has 3 aromatic rings. The van der Waals surface area contributed by atoms with Crippen molar-refractivity contribution in [2.75, 3.05) is 20.3 Å².